The van der Waals surface area contributed by atoms with Crippen molar-refractivity contribution < 1.29 is 9.90 Å². The van der Waals surface area contributed by atoms with Crippen LogP contribution in [0.2, 0.25) is 0 Å². The Morgan fingerprint density at radius 1 is 0.913 bits per heavy atom. The molecule has 0 aliphatic heterocycles. The maximum atomic E-state index is 11.5. The molecule has 3 aromatic carbocycles. The molecule has 0 amide bonds. The zero-order chi connectivity index (χ0) is 15.8. The van der Waals surface area contributed by atoms with Crippen LogP contribution in [-0.4, -0.2) is 16.1 Å². The lowest BCUT2D eigenvalue weighted by atomic mass is 9.99. The molecule has 0 unspecified atom stereocenters. The standard InChI is InChI=1S/C20H15NO2/c22-20(23)15-11-14(10-13-6-2-1-3-7-13)19-17(12-15)16-8-4-5-9-18(16)21-19/h1-9,11-12,21H,10H2,(H,22,23). The maximum Gasteiger partial charge on any atom is 0.335 e. The van der Waals surface area contributed by atoms with Crippen molar-refractivity contribution in [1.29, 1.82) is 0 Å². The molecule has 0 aliphatic rings. The molecule has 0 atom stereocenters. The highest BCUT2D eigenvalue weighted by atomic mass is 16.4. The van der Waals surface area contributed by atoms with Crippen molar-refractivity contribution in [2.24, 2.45) is 0 Å². The Kier molecular flexibility index (Phi) is 3.12. The molecule has 2 N–H and O–H groups in total. The molecule has 4 aromatic rings. The van der Waals surface area contributed by atoms with Crippen LogP contribution in [0, 0.1) is 0 Å². The van der Waals surface area contributed by atoms with Crippen LogP contribution >= 0.6 is 0 Å². The number of hydrogen-bond acceptors (Lipinski definition) is 1. The summed E-state index contributed by atoms with van der Waals surface area (Å²) in [7, 11) is 0. The monoisotopic (exact) mass is 301 g/mol. The molecular weight excluding hydrogens is 286 g/mol. The van der Waals surface area contributed by atoms with Crippen molar-refractivity contribution in [3.63, 3.8) is 0 Å². The average Bonchev–Trinajstić information content (AvgIpc) is 2.95. The lowest BCUT2D eigenvalue weighted by Crippen LogP contribution is -1.99. The molecule has 0 fully saturated rings. The van der Waals surface area contributed by atoms with Gasteiger partial charge in [-0.1, -0.05) is 48.5 Å². The van der Waals surface area contributed by atoms with Gasteiger partial charge in [-0.15, -0.1) is 0 Å². The van der Waals surface area contributed by atoms with Gasteiger partial charge in [0.05, 0.1) is 11.1 Å². The highest BCUT2D eigenvalue weighted by Crippen LogP contribution is 2.30. The molecule has 3 nitrogen and oxygen atoms in total. The highest BCUT2D eigenvalue weighted by molar-refractivity contribution is 6.10. The average molecular weight is 301 g/mol. The third-order valence-corrected chi connectivity index (χ3v) is 4.18. The number of aromatic carboxylic acids is 1. The Morgan fingerprint density at radius 3 is 2.43 bits per heavy atom. The number of fused-ring (bicyclic) bond motifs is 3. The normalized spacial score (nSPS) is 11.1. The molecule has 3 heteroatoms. The van der Waals surface area contributed by atoms with E-state index in [-0.39, 0.29) is 0 Å². The summed E-state index contributed by atoms with van der Waals surface area (Å²) in [6.07, 6.45) is 0.700. The molecular formula is C20H15NO2. The largest absolute Gasteiger partial charge is 0.478 e. The second kappa shape index (κ2) is 5.29. The molecule has 0 radical (unpaired) electrons. The Hall–Kier alpha value is -3.07. The van der Waals surface area contributed by atoms with E-state index < -0.39 is 5.97 Å². The number of carboxylic acid groups (broad SMARTS) is 1. The van der Waals surface area contributed by atoms with Crippen molar-refractivity contribution in [3.05, 3.63) is 83.4 Å². The maximum absolute atomic E-state index is 11.5. The molecule has 1 aromatic heterocycles. The number of rotatable bonds is 3. The topological polar surface area (TPSA) is 53.1 Å². The number of nitrogens with one attached hydrogen (secondary N) is 1. The summed E-state index contributed by atoms with van der Waals surface area (Å²) in [6, 6.07) is 21.6. The minimum atomic E-state index is -0.897. The van der Waals surface area contributed by atoms with Crippen molar-refractivity contribution in [2.45, 2.75) is 6.42 Å². The molecule has 0 bridgehead atoms. The van der Waals surface area contributed by atoms with Gasteiger partial charge in [-0.25, -0.2) is 4.79 Å². The fraction of sp³-hybridized carbons (Fsp3) is 0.0500. The van der Waals surface area contributed by atoms with Gasteiger partial charge in [-0.05, 0) is 35.7 Å². The van der Waals surface area contributed by atoms with Gasteiger partial charge in [0.2, 0.25) is 0 Å². The van der Waals surface area contributed by atoms with Crippen molar-refractivity contribution in [3.8, 4) is 0 Å². The molecule has 112 valence electrons. The van der Waals surface area contributed by atoms with Crippen molar-refractivity contribution in [1.82, 2.24) is 4.98 Å². The molecule has 4 rings (SSSR count). The second-order valence-corrected chi connectivity index (χ2v) is 5.70. The van der Waals surface area contributed by atoms with Crippen molar-refractivity contribution >= 4 is 27.8 Å². The number of aromatic amines is 1. The quantitative estimate of drug-likeness (QED) is 0.580. The predicted molar refractivity (Wildman–Crippen MR) is 92.0 cm³/mol. The number of H-pyrrole nitrogens is 1. The Balaban J connectivity index is 1.99. The van der Waals surface area contributed by atoms with Gasteiger partial charge in [0.15, 0.2) is 0 Å². The first-order chi connectivity index (χ1) is 11.2. The summed E-state index contributed by atoms with van der Waals surface area (Å²) in [4.78, 5) is 14.9. The van der Waals surface area contributed by atoms with Gasteiger partial charge in [0.1, 0.15) is 0 Å². The van der Waals surface area contributed by atoms with Crippen LogP contribution in [0.25, 0.3) is 21.8 Å². The molecule has 0 saturated carbocycles. The smallest absolute Gasteiger partial charge is 0.335 e. The SMILES string of the molecule is O=C(O)c1cc(Cc2ccccc2)c2[nH]c3ccccc3c2c1. The zero-order valence-electron chi connectivity index (χ0n) is 12.4. The molecule has 23 heavy (non-hydrogen) atoms. The van der Waals surface area contributed by atoms with E-state index in [1.54, 1.807) is 12.1 Å². The van der Waals surface area contributed by atoms with Crippen LogP contribution in [0.15, 0.2) is 66.7 Å². The number of aromatic nitrogens is 1. The molecule has 0 saturated heterocycles. The Labute approximate surface area is 133 Å². The summed E-state index contributed by atoms with van der Waals surface area (Å²) >= 11 is 0. The Bertz CT molecular complexity index is 1020. The van der Waals surface area contributed by atoms with Gasteiger partial charge in [-0.3, -0.25) is 0 Å². The van der Waals surface area contributed by atoms with E-state index >= 15 is 0 Å². The van der Waals surface area contributed by atoms with Gasteiger partial charge in [-0.2, -0.15) is 0 Å². The lowest BCUT2D eigenvalue weighted by Gasteiger charge is -2.06. The molecule has 1 heterocycles. The van der Waals surface area contributed by atoms with Crippen LogP contribution < -0.4 is 0 Å². The summed E-state index contributed by atoms with van der Waals surface area (Å²) in [5.74, 6) is -0.897. The summed E-state index contributed by atoms with van der Waals surface area (Å²) in [5, 5.41) is 11.5. The molecule has 0 spiro atoms. The van der Waals surface area contributed by atoms with E-state index in [2.05, 4.69) is 17.1 Å². The van der Waals surface area contributed by atoms with Crippen LogP contribution in [0.1, 0.15) is 21.5 Å². The van der Waals surface area contributed by atoms with Gasteiger partial charge in [0, 0.05) is 16.3 Å². The minimum absolute atomic E-state index is 0.327. The highest BCUT2D eigenvalue weighted by Gasteiger charge is 2.13. The van der Waals surface area contributed by atoms with E-state index in [4.69, 9.17) is 0 Å². The summed E-state index contributed by atoms with van der Waals surface area (Å²) in [5.41, 5.74) is 4.53. The van der Waals surface area contributed by atoms with Gasteiger partial charge < -0.3 is 10.1 Å². The van der Waals surface area contributed by atoms with Crippen LogP contribution in [0.5, 0.6) is 0 Å². The number of para-hydroxylation sites is 1. The van der Waals surface area contributed by atoms with E-state index in [9.17, 15) is 9.90 Å². The van der Waals surface area contributed by atoms with E-state index in [1.165, 1.54) is 0 Å². The fourth-order valence-corrected chi connectivity index (χ4v) is 3.10. The first-order valence-corrected chi connectivity index (χ1v) is 7.53. The second-order valence-electron chi connectivity index (χ2n) is 5.70. The first kappa shape index (κ1) is 13.6. The van der Waals surface area contributed by atoms with E-state index in [0.717, 1.165) is 32.9 Å². The van der Waals surface area contributed by atoms with Crippen LogP contribution in [0.4, 0.5) is 0 Å². The minimum Gasteiger partial charge on any atom is -0.478 e. The third-order valence-electron chi connectivity index (χ3n) is 4.18. The first-order valence-electron chi connectivity index (χ1n) is 7.53. The molecule has 0 aliphatic carbocycles. The third kappa shape index (κ3) is 2.36. The lowest BCUT2D eigenvalue weighted by molar-refractivity contribution is 0.0697. The number of benzene rings is 3. The summed E-state index contributed by atoms with van der Waals surface area (Å²) in [6.45, 7) is 0. The number of carboxylic acids is 1. The van der Waals surface area contributed by atoms with Crippen LogP contribution in [-0.2, 0) is 6.42 Å². The predicted octanol–water partition coefficient (Wildman–Crippen LogP) is 4.61. The van der Waals surface area contributed by atoms with Crippen LogP contribution in [0.3, 0.4) is 0 Å². The van der Waals surface area contributed by atoms with E-state index in [0.29, 0.717) is 12.0 Å². The fourth-order valence-electron chi connectivity index (χ4n) is 3.10. The van der Waals surface area contributed by atoms with Gasteiger partial charge in [0.25, 0.3) is 0 Å². The summed E-state index contributed by atoms with van der Waals surface area (Å²) < 4.78 is 0. The number of carbonyl (C=O) groups is 1. The van der Waals surface area contributed by atoms with Gasteiger partial charge >= 0.3 is 5.97 Å². The zero-order valence-corrected chi connectivity index (χ0v) is 12.4. The van der Waals surface area contributed by atoms with E-state index in [1.807, 2.05) is 42.5 Å². The van der Waals surface area contributed by atoms with Crippen molar-refractivity contribution in [2.75, 3.05) is 0 Å². The Morgan fingerprint density at radius 2 is 1.65 bits per heavy atom. The number of hydrogen-bond donors (Lipinski definition) is 2.